The summed E-state index contributed by atoms with van der Waals surface area (Å²) in [5.74, 6) is -1.64. The molecule has 1 heterocycles. The van der Waals surface area contributed by atoms with Crippen molar-refractivity contribution in [3.8, 4) is 0 Å². The van der Waals surface area contributed by atoms with Gasteiger partial charge in [0.25, 0.3) is 0 Å². The van der Waals surface area contributed by atoms with Crippen LogP contribution in [0.5, 0.6) is 0 Å². The predicted molar refractivity (Wildman–Crippen MR) is 72.6 cm³/mol. The van der Waals surface area contributed by atoms with Crippen LogP contribution in [-0.4, -0.2) is 36.0 Å². The van der Waals surface area contributed by atoms with Gasteiger partial charge in [0.1, 0.15) is 5.82 Å². The largest absolute Gasteiger partial charge is 0.334 e. The van der Waals surface area contributed by atoms with Crippen LogP contribution >= 0.6 is 0 Å². The number of amides is 2. The summed E-state index contributed by atoms with van der Waals surface area (Å²) in [5.41, 5.74) is 2.82. The number of carbonyl (C=O) groups excluding carboxylic acids is 2. The van der Waals surface area contributed by atoms with E-state index in [2.05, 4.69) is 10.5 Å². The van der Waals surface area contributed by atoms with E-state index in [1.807, 2.05) is 0 Å². The Morgan fingerprint density at radius 1 is 1.15 bits per heavy atom. The van der Waals surface area contributed by atoms with Crippen LogP contribution in [0.25, 0.3) is 0 Å². The minimum Gasteiger partial charge on any atom is -0.334 e. The molecule has 0 aromatic heterocycles. The fourth-order valence-corrected chi connectivity index (χ4v) is 2.00. The van der Waals surface area contributed by atoms with Crippen LogP contribution in [0, 0.1) is 5.82 Å². The number of carbonyl (C=O) groups is 2. The average molecular weight is 277 g/mol. The Balaban J connectivity index is 1.84. The number of rotatable bonds is 2. The molecule has 2 amide bonds. The first kappa shape index (κ1) is 14.2. The number of piperidine rings is 1. The number of hydrogen-bond acceptors (Lipinski definition) is 3. The molecule has 1 aliphatic rings. The lowest BCUT2D eigenvalue weighted by Gasteiger charge is -2.25. The predicted octanol–water partition coefficient (Wildman–Crippen LogP) is 1.29. The van der Waals surface area contributed by atoms with Gasteiger partial charge in [-0.05, 0) is 37.0 Å². The second kappa shape index (κ2) is 6.79. The summed E-state index contributed by atoms with van der Waals surface area (Å²) < 4.78 is 12.7. The third kappa shape index (κ3) is 3.88. The molecule has 0 radical (unpaired) electrons. The summed E-state index contributed by atoms with van der Waals surface area (Å²) in [5, 5.41) is 3.69. The highest BCUT2D eigenvalue weighted by Crippen LogP contribution is 2.08. The molecule has 0 spiro atoms. The quantitative estimate of drug-likeness (QED) is 0.503. The zero-order valence-electron chi connectivity index (χ0n) is 11.0. The first-order valence-electron chi connectivity index (χ1n) is 6.55. The number of hydrazone groups is 1. The monoisotopic (exact) mass is 277 g/mol. The molecule has 106 valence electrons. The molecule has 0 unspecified atom stereocenters. The molecule has 2 rings (SSSR count). The summed E-state index contributed by atoms with van der Waals surface area (Å²) >= 11 is 0. The molecule has 1 aromatic carbocycles. The number of nitrogens with one attached hydrogen (secondary N) is 1. The number of hydrogen-bond donors (Lipinski definition) is 1. The van der Waals surface area contributed by atoms with Crippen LogP contribution in [0.15, 0.2) is 29.4 Å². The van der Waals surface area contributed by atoms with E-state index in [0.29, 0.717) is 18.7 Å². The summed E-state index contributed by atoms with van der Waals surface area (Å²) in [6.45, 7) is 1.24. The molecular weight excluding hydrogens is 261 g/mol. The third-order valence-electron chi connectivity index (χ3n) is 3.09. The number of nitrogens with zero attached hydrogens (tertiary/aromatic N) is 2. The van der Waals surface area contributed by atoms with Gasteiger partial charge in [0.2, 0.25) is 0 Å². The number of benzene rings is 1. The Morgan fingerprint density at radius 2 is 1.80 bits per heavy atom. The zero-order chi connectivity index (χ0) is 14.4. The van der Waals surface area contributed by atoms with Crippen molar-refractivity contribution in [1.82, 2.24) is 10.3 Å². The Labute approximate surface area is 116 Å². The number of likely N-dealkylation sites (tertiary alicyclic amines) is 1. The van der Waals surface area contributed by atoms with Gasteiger partial charge >= 0.3 is 11.8 Å². The van der Waals surface area contributed by atoms with Crippen LogP contribution in [0.1, 0.15) is 24.8 Å². The zero-order valence-corrected chi connectivity index (χ0v) is 11.0. The summed E-state index contributed by atoms with van der Waals surface area (Å²) in [4.78, 5) is 24.9. The molecule has 1 N–H and O–H groups in total. The Bertz CT molecular complexity index is 508. The fourth-order valence-electron chi connectivity index (χ4n) is 2.00. The minimum absolute atomic E-state index is 0.341. The first-order valence-corrected chi connectivity index (χ1v) is 6.55. The highest BCUT2D eigenvalue weighted by atomic mass is 19.1. The van der Waals surface area contributed by atoms with E-state index >= 15 is 0 Å². The molecule has 1 aromatic rings. The van der Waals surface area contributed by atoms with Gasteiger partial charge in [-0.1, -0.05) is 12.1 Å². The molecule has 6 heteroatoms. The first-order chi connectivity index (χ1) is 9.66. The molecule has 1 aliphatic heterocycles. The average Bonchev–Trinajstić information content (AvgIpc) is 2.49. The van der Waals surface area contributed by atoms with E-state index < -0.39 is 11.8 Å². The van der Waals surface area contributed by atoms with Crippen LogP contribution in [0.4, 0.5) is 4.39 Å². The molecule has 0 bridgehead atoms. The summed E-state index contributed by atoms with van der Waals surface area (Å²) in [6.07, 6.45) is 4.31. The molecule has 0 atom stereocenters. The Kier molecular flexibility index (Phi) is 4.81. The molecule has 20 heavy (non-hydrogen) atoms. The van der Waals surface area contributed by atoms with Crippen LogP contribution < -0.4 is 5.43 Å². The molecule has 5 nitrogen and oxygen atoms in total. The molecule has 0 aliphatic carbocycles. The van der Waals surface area contributed by atoms with Crippen LogP contribution in [-0.2, 0) is 9.59 Å². The van der Waals surface area contributed by atoms with Crippen molar-refractivity contribution < 1.29 is 14.0 Å². The van der Waals surface area contributed by atoms with Gasteiger partial charge in [-0.15, -0.1) is 0 Å². The van der Waals surface area contributed by atoms with Gasteiger partial charge in [0.05, 0.1) is 6.21 Å². The fraction of sp³-hybridized carbons (Fsp3) is 0.357. The van der Waals surface area contributed by atoms with Gasteiger partial charge in [-0.2, -0.15) is 5.10 Å². The van der Waals surface area contributed by atoms with E-state index in [-0.39, 0.29) is 5.82 Å². The molecule has 1 fully saturated rings. The second-order valence-electron chi connectivity index (χ2n) is 4.60. The Hall–Kier alpha value is -2.24. The van der Waals surface area contributed by atoms with E-state index in [1.54, 1.807) is 0 Å². The van der Waals surface area contributed by atoms with E-state index in [9.17, 15) is 14.0 Å². The van der Waals surface area contributed by atoms with Gasteiger partial charge in [-0.25, -0.2) is 9.82 Å². The maximum absolute atomic E-state index is 12.7. The summed E-state index contributed by atoms with van der Waals surface area (Å²) in [7, 11) is 0. The molecule has 1 saturated heterocycles. The number of halogens is 1. The third-order valence-corrected chi connectivity index (χ3v) is 3.09. The summed E-state index contributed by atoms with van der Waals surface area (Å²) in [6, 6.07) is 5.64. The highest BCUT2D eigenvalue weighted by molar-refractivity contribution is 6.35. The second-order valence-corrected chi connectivity index (χ2v) is 4.60. The van der Waals surface area contributed by atoms with Gasteiger partial charge in [0.15, 0.2) is 0 Å². The van der Waals surface area contributed by atoms with Gasteiger partial charge < -0.3 is 4.90 Å². The van der Waals surface area contributed by atoms with Gasteiger partial charge in [-0.3, -0.25) is 9.59 Å². The standard InChI is InChI=1S/C14H16FN3O2/c15-12-6-4-11(5-7-12)10-16-17-13(19)14(20)18-8-2-1-3-9-18/h4-7,10H,1-3,8-9H2,(H,17,19). The van der Waals surface area contributed by atoms with Gasteiger partial charge in [0, 0.05) is 13.1 Å². The highest BCUT2D eigenvalue weighted by Gasteiger charge is 2.22. The van der Waals surface area contributed by atoms with Crippen LogP contribution in [0.3, 0.4) is 0 Å². The van der Waals surface area contributed by atoms with Crippen LogP contribution in [0.2, 0.25) is 0 Å². The lowest BCUT2D eigenvalue weighted by molar-refractivity contribution is -0.146. The van der Waals surface area contributed by atoms with Crippen molar-refractivity contribution in [2.75, 3.05) is 13.1 Å². The van der Waals surface area contributed by atoms with E-state index in [4.69, 9.17) is 0 Å². The topological polar surface area (TPSA) is 61.8 Å². The lowest BCUT2D eigenvalue weighted by atomic mass is 10.1. The van der Waals surface area contributed by atoms with Crippen molar-refractivity contribution >= 4 is 18.0 Å². The van der Waals surface area contributed by atoms with E-state index in [1.165, 1.54) is 35.4 Å². The minimum atomic E-state index is -0.745. The van der Waals surface area contributed by atoms with Crippen molar-refractivity contribution in [3.63, 3.8) is 0 Å². The maximum Gasteiger partial charge on any atom is 0.329 e. The van der Waals surface area contributed by atoms with Crippen molar-refractivity contribution in [1.29, 1.82) is 0 Å². The maximum atomic E-state index is 12.7. The molecule has 0 saturated carbocycles. The van der Waals surface area contributed by atoms with Crippen molar-refractivity contribution in [2.24, 2.45) is 5.10 Å². The smallest absolute Gasteiger partial charge is 0.329 e. The van der Waals surface area contributed by atoms with E-state index in [0.717, 1.165) is 19.3 Å². The lowest BCUT2D eigenvalue weighted by Crippen LogP contribution is -2.43. The van der Waals surface area contributed by atoms with Crippen molar-refractivity contribution in [3.05, 3.63) is 35.6 Å². The normalized spacial score (nSPS) is 15.3. The molecular formula is C14H16FN3O2. The Morgan fingerprint density at radius 3 is 2.45 bits per heavy atom. The van der Waals surface area contributed by atoms with Crippen molar-refractivity contribution in [2.45, 2.75) is 19.3 Å². The SMILES string of the molecule is O=C(NN=Cc1ccc(F)cc1)C(=O)N1CCCCC1.